The van der Waals surface area contributed by atoms with E-state index in [9.17, 15) is 4.79 Å². The molecule has 0 amide bonds. The SMILES string of the molecule is COC(=O)[C@H]1CC[C@@H](Nc2cc(N3CCCCC3)ncn2)C1. The summed E-state index contributed by atoms with van der Waals surface area (Å²) in [6.07, 6.45) is 8.07. The van der Waals surface area contributed by atoms with Gasteiger partial charge in [-0.1, -0.05) is 0 Å². The molecule has 22 heavy (non-hydrogen) atoms. The van der Waals surface area contributed by atoms with Crippen molar-refractivity contribution < 1.29 is 9.53 Å². The highest BCUT2D eigenvalue weighted by Crippen LogP contribution is 2.29. The molecule has 1 aromatic heterocycles. The van der Waals surface area contributed by atoms with E-state index in [1.165, 1.54) is 26.4 Å². The van der Waals surface area contributed by atoms with Gasteiger partial charge in [-0.15, -0.1) is 0 Å². The van der Waals surface area contributed by atoms with Gasteiger partial charge in [-0.25, -0.2) is 9.97 Å². The van der Waals surface area contributed by atoms with Gasteiger partial charge in [0.2, 0.25) is 0 Å². The fourth-order valence-electron chi connectivity index (χ4n) is 3.42. The number of hydrogen-bond donors (Lipinski definition) is 1. The predicted octanol–water partition coefficient (Wildman–Crippen LogP) is 2.22. The van der Waals surface area contributed by atoms with E-state index in [2.05, 4.69) is 20.2 Å². The van der Waals surface area contributed by atoms with E-state index in [0.717, 1.165) is 44.0 Å². The van der Waals surface area contributed by atoms with Crippen molar-refractivity contribution in [3.05, 3.63) is 12.4 Å². The Kier molecular flexibility index (Phi) is 4.75. The zero-order valence-electron chi connectivity index (χ0n) is 13.1. The van der Waals surface area contributed by atoms with Crippen LogP contribution in [0.1, 0.15) is 38.5 Å². The quantitative estimate of drug-likeness (QED) is 0.860. The van der Waals surface area contributed by atoms with Gasteiger partial charge in [0, 0.05) is 25.2 Å². The van der Waals surface area contributed by atoms with Crippen LogP contribution < -0.4 is 10.2 Å². The lowest BCUT2D eigenvalue weighted by molar-refractivity contribution is -0.145. The minimum absolute atomic E-state index is 0.0194. The Labute approximate surface area is 131 Å². The molecule has 1 N–H and O–H groups in total. The van der Waals surface area contributed by atoms with Crippen LogP contribution in [0.2, 0.25) is 0 Å². The van der Waals surface area contributed by atoms with Gasteiger partial charge in [0.15, 0.2) is 0 Å². The van der Waals surface area contributed by atoms with Gasteiger partial charge in [0.05, 0.1) is 13.0 Å². The van der Waals surface area contributed by atoms with Crippen molar-refractivity contribution >= 4 is 17.6 Å². The first-order chi connectivity index (χ1) is 10.8. The Balaban J connectivity index is 1.60. The summed E-state index contributed by atoms with van der Waals surface area (Å²) in [7, 11) is 1.46. The summed E-state index contributed by atoms with van der Waals surface area (Å²) in [5, 5.41) is 3.44. The third kappa shape index (κ3) is 3.48. The molecule has 2 fully saturated rings. The standard InChI is InChI=1S/C16H24N4O2/c1-22-16(21)12-5-6-13(9-12)19-14-10-15(18-11-17-14)20-7-3-2-4-8-20/h10-13H,2-9H2,1H3,(H,17,18,19)/t12-,13+/m0/s1. The molecule has 2 atom stereocenters. The topological polar surface area (TPSA) is 67.3 Å². The molecule has 0 bridgehead atoms. The fraction of sp³-hybridized carbons (Fsp3) is 0.688. The number of piperidine rings is 1. The summed E-state index contributed by atoms with van der Waals surface area (Å²) in [5.74, 6) is 1.78. The van der Waals surface area contributed by atoms with Crippen molar-refractivity contribution in [3.63, 3.8) is 0 Å². The molecule has 1 saturated carbocycles. The monoisotopic (exact) mass is 304 g/mol. The third-order valence-corrected chi connectivity index (χ3v) is 4.65. The van der Waals surface area contributed by atoms with Crippen molar-refractivity contribution in [1.82, 2.24) is 9.97 Å². The molecule has 0 radical (unpaired) electrons. The van der Waals surface area contributed by atoms with Crippen LogP contribution in [0.25, 0.3) is 0 Å². The zero-order valence-corrected chi connectivity index (χ0v) is 13.1. The number of anilines is 2. The number of rotatable bonds is 4. The van der Waals surface area contributed by atoms with Crippen molar-refractivity contribution in [2.75, 3.05) is 30.4 Å². The average Bonchev–Trinajstić information content (AvgIpc) is 3.04. The van der Waals surface area contributed by atoms with E-state index in [1.54, 1.807) is 6.33 Å². The number of esters is 1. The van der Waals surface area contributed by atoms with Crippen LogP contribution >= 0.6 is 0 Å². The van der Waals surface area contributed by atoms with E-state index < -0.39 is 0 Å². The van der Waals surface area contributed by atoms with E-state index in [0.29, 0.717) is 0 Å². The van der Waals surface area contributed by atoms with Crippen LogP contribution in [0.5, 0.6) is 0 Å². The van der Waals surface area contributed by atoms with Gasteiger partial charge in [-0.05, 0) is 38.5 Å². The number of aromatic nitrogens is 2. The number of nitrogens with zero attached hydrogens (tertiary/aromatic N) is 3. The number of methoxy groups -OCH3 is 1. The Morgan fingerprint density at radius 3 is 2.86 bits per heavy atom. The Bertz CT molecular complexity index is 517. The van der Waals surface area contributed by atoms with E-state index >= 15 is 0 Å². The molecule has 0 spiro atoms. The second-order valence-electron chi connectivity index (χ2n) is 6.18. The molecule has 0 aromatic carbocycles. The molecule has 1 saturated heterocycles. The highest BCUT2D eigenvalue weighted by Gasteiger charge is 2.30. The van der Waals surface area contributed by atoms with Crippen LogP contribution in [0, 0.1) is 5.92 Å². The average molecular weight is 304 g/mol. The molecule has 1 aromatic rings. The maximum absolute atomic E-state index is 11.6. The summed E-state index contributed by atoms with van der Waals surface area (Å²) < 4.78 is 4.83. The van der Waals surface area contributed by atoms with Crippen molar-refractivity contribution in [2.24, 2.45) is 5.92 Å². The Morgan fingerprint density at radius 2 is 2.09 bits per heavy atom. The van der Waals surface area contributed by atoms with Crippen LogP contribution in [-0.4, -0.2) is 42.2 Å². The first-order valence-electron chi connectivity index (χ1n) is 8.17. The zero-order chi connectivity index (χ0) is 15.4. The van der Waals surface area contributed by atoms with Gasteiger partial charge >= 0.3 is 5.97 Å². The lowest BCUT2D eigenvalue weighted by Crippen LogP contribution is -2.30. The molecule has 2 heterocycles. The highest BCUT2D eigenvalue weighted by molar-refractivity contribution is 5.72. The predicted molar refractivity (Wildman–Crippen MR) is 84.9 cm³/mol. The molecular weight excluding hydrogens is 280 g/mol. The summed E-state index contributed by atoms with van der Waals surface area (Å²) in [5.41, 5.74) is 0. The number of carbonyl (C=O) groups is 1. The lowest BCUT2D eigenvalue weighted by atomic mass is 10.1. The number of carbonyl (C=O) groups excluding carboxylic acids is 1. The largest absolute Gasteiger partial charge is 0.469 e. The maximum Gasteiger partial charge on any atom is 0.308 e. The van der Waals surface area contributed by atoms with Gasteiger partial charge in [0.25, 0.3) is 0 Å². The summed E-state index contributed by atoms with van der Waals surface area (Å²) >= 11 is 0. The van der Waals surface area contributed by atoms with Crippen LogP contribution in [0.4, 0.5) is 11.6 Å². The van der Waals surface area contributed by atoms with Crippen molar-refractivity contribution in [2.45, 2.75) is 44.6 Å². The normalized spacial score (nSPS) is 25.0. The summed E-state index contributed by atoms with van der Waals surface area (Å²) in [4.78, 5) is 22.6. The van der Waals surface area contributed by atoms with Crippen LogP contribution in [-0.2, 0) is 9.53 Å². The van der Waals surface area contributed by atoms with Crippen LogP contribution in [0.3, 0.4) is 0 Å². The molecule has 6 nitrogen and oxygen atoms in total. The minimum Gasteiger partial charge on any atom is -0.469 e. The van der Waals surface area contributed by atoms with Gasteiger partial charge < -0.3 is 15.0 Å². The molecule has 6 heteroatoms. The highest BCUT2D eigenvalue weighted by atomic mass is 16.5. The minimum atomic E-state index is -0.0963. The number of nitrogens with one attached hydrogen (secondary N) is 1. The summed E-state index contributed by atoms with van der Waals surface area (Å²) in [6.45, 7) is 2.15. The van der Waals surface area contributed by atoms with E-state index in [-0.39, 0.29) is 17.9 Å². The van der Waals surface area contributed by atoms with Crippen LogP contribution in [0.15, 0.2) is 12.4 Å². The first kappa shape index (κ1) is 15.1. The van der Waals surface area contributed by atoms with E-state index in [1.807, 2.05) is 6.07 Å². The van der Waals surface area contributed by atoms with E-state index in [4.69, 9.17) is 4.74 Å². The smallest absolute Gasteiger partial charge is 0.308 e. The molecule has 3 rings (SSSR count). The summed E-state index contributed by atoms with van der Waals surface area (Å²) in [6, 6.07) is 2.31. The first-order valence-corrected chi connectivity index (χ1v) is 8.17. The fourth-order valence-corrected chi connectivity index (χ4v) is 3.42. The third-order valence-electron chi connectivity index (χ3n) is 4.65. The van der Waals surface area contributed by atoms with Gasteiger partial charge in [-0.3, -0.25) is 4.79 Å². The Morgan fingerprint density at radius 1 is 1.27 bits per heavy atom. The van der Waals surface area contributed by atoms with Gasteiger partial charge in [-0.2, -0.15) is 0 Å². The number of hydrogen-bond acceptors (Lipinski definition) is 6. The Hall–Kier alpha value is -1.85. The molecule has 1 aliphatic carbocycles. The van der Waals surface area contributed by atoms with Crippen molar-refractivity contribution in [1.29, 1.82) is 0 Å². The molecule has 2 aliphatic rings. The molecule has 0 unspecified atom stereocenters. The second kappa shape index (κ2) is 6.94. The molecule has 120 valence electrons. The molecule has 1 aliphatic heterocycles. The lowest BCUT2D eigenvalue weighted by Gasteiger charge is -2.27. The van der Waals surface area contributed by atoms with Crippen molar-refractivity contribution in [3.8, 4) is 0 Å². The second-order valence-corrected chi connectivity index (χ2v) is 6.18. The number of ether oxygens (including phenoxy) is 1. The maximum atomic E-state index is 11.6. The van der Waals surface area contributed by atoms with Gasteiger partial charge in [0.1, 0.15) is 18.0 Å². The molecular formula is C16H24N4O2.